The van der Waals surface area contributed by atoms with Crippen molar-refractivity contribution in [3.8, 4) is 0 Å². The maximum absolute atomic E-state index is 4.56. The Morgan fingerprint density at radius 2 is 2.00 bits per heavy atom. The quantitative estimate of drug-likeness (QED) is 0.884. The summed E-state index contributed by atoms with van der Waals surface area (Å²) in [5.41, 5.74) is 3.77. The van der Waals surface area contributed by atoms with Crippen molar-refractivity contribution in [2.24, 2.45) is 13.0 Å². The van der Waals surface area contributed by atoms with Crippen LogP contribution in [0.1, 0.15) is 17.7 Å². The molecule has 0 aliphatic carbocycles. The topological polar surface area (TPSA) is 36.3 Å². The first-order valence-electron chi connectivity index (χ1n) is 8.76. The van der Waals surface area contributed by atoms with Crippen molar-refractivity contribution in [2.45, 2.75) is 19.9 Å². The van der Waals surface area contributed by atoms with Crippen molar-refractivity contribution in [2.75, 3.05) is 43.5 Å². The number of hydrogen-bond acceptors (Lipinski definition) is 4. The third-order valence-electron chi connectivity index (χ3n) is 4.88. The van der Waals surface area contributed by atoms with Gasteiger partial charge in [-0.2, -0.15) is 5.10 Å². The van der Waals surface area contributed by atoms with E-state index in [1.807, 2.05) is 11.7 Å². The number of aryl methyl sites for hydroxylation is 2. The molecule has 0 saturated carbocycles. The summed E-state index contributed by atoms with van der Waals surface area (Å²) in [4.78, 5) is 4.64. The fourth-order valence-corrected chi connectivity index (χ4v) is 3.73. The third-order valence-corrected chi connectivity index (χ3v) is 4.88. The molecule has 3 rings (SSSR count). The molecule has 1 aromatic heterocycles. The molecule has 5 heteroatoms. The first kappa shape index (κ1) is 16.8. The fourth-order valence-electron chi connectivity index (χ4n) is 3.73. The molecule has 1 fully saturated rings. The normalized spacial score (nSPS) is 17.5. The predicted octanol–water partition coefficient (Wildman–Crippen LogP) is 2.41. The van der Waals surface area contributed by atoms with E-state index in [1.54, 1.807) is 0 Å². The predicted molar refractivity (Wildman–Crippen MR) is 101 cm³/mol. The summed E-state index contributed by atoms with van der Waals surface area (Å²) in [6, 6.07) is 10.7. The van der Waals surface area contributed by atoms with Gasteiger partial charge >= 0.3 is 0 Å². The van der Waals surface area contributed by atoms with Gasteiger partial charge in [0, 0.05) is 58.6 Å². The highest BCUT2D eigenvalue weighted by Crippen LogP contribution is 2.24. The molecule has 1 N–H and O–H groups in total. The molecule has 24 heavy (non-hydrogen) atoms. The van der Waals surface area contributed by atoms with E-state index in [-0.39, 0.29) is 0 Å². The second kappa shape index (κ2) is 7.26. The number of para-hydroxylation sites is 1. The van der Waals surface area contributed by atoms with Crippen LogP contribution in [-0.4, -0.2) is 43.5 Å². The smallest absolute Gasteiger partial charge is 0.130 e. The van der Waals surface area contributed by atoms with Gasteiger partial charge in [-0.05, 0) is 31.4 Å². The zero-order valence-electron chi connectivity index (χ0n) is 15.3. The number of aromatic nitrogens is 2. The van der Waals surface area contributed by atoms with Gasteiger partial charge in [0.1, 0.15) is 5.82 Å². The minimum absolute atomic E-state index is 0.713. The highest BCUT2D eigenvalue weighted by Gasteiger charge is 2.22. The van der Waals surface area contributed by atoms with E-state index >= 15 is 0 Å². The molecule has 0 bridgehead atoms. The van der Waals surface area contributed by atoms with E-state index in [2.05, 4.69) is 71.6 Å². The fraction of sp³-hybridized carbons (Fsp3) is 0.526. The molecule has 2 aromatic rings. The number of anilines is 2. The van der Waals surface area contributed by atoms with Gasteiger partial charge in [-0.1, -0.05) is 18.2 Å². The lowest BCUT2D eigenvalue weighted by Gasteiger charge is -2.19. The monoisotopic (exact) mass is 327 g/mol. The van der Waals surface area contributed by atoms with Crippen molar-refractivity contribution in [1.82, 2.24) is 15.1 Å². The number of nitrogens with one attached hydrogen (secondary N) is 1. The van der Waals surface area contributed by atoms with Crippen LogP contribution in [0.2, 0.25) is 0 Å². The van der Waals surface area contributed by atoms with Gasteiger partial charge in [0.2, 0.25) is 0 Å². The largest absolute Gasteiger partial charge is 0.371 e. The Balaban J connectivity index is 1.53. The number of nitrogens with zero attached hydrogens (tertiary/aromatic N) is 4. The Kier molecular flexibility index (Phi) is 5.09. The van der Waals surface area contributed by atoms with E-state index in [0.29, 0.717) is 5.92 Å². The molecule has 1 saturated heterocycles. The van der Waals surface area contributed by atoms with Gasteiger partial charge in [0.15, 0.2) is 0 Å². The van der Waals surface area contributed by atoms with E-state index in [1.165, 1.54) is 23.5 Å². The lowest BCUT2D eigenvalue weighted by Crippen LogP contribution is -2.27. The van der Waals surface area contributed by atoms with Crippen LogP contribution in [0, 0.1) is 12.8 Å². The van der Waals surface area contributed by atoms with E-state index in [0.717, 1.165) is 31.9 Å². The summed E-state index contributed by atoms with van der Waals surface area (Å²) in [7, 11) is 6.17. The Morgan fingerprint density at radius 1 is 1.25 bits per heavy atom. The number of hydrogen-bond donors (Lipinski definition) is 1. The van der Waals surface area contributed by atoms with Crippen molar-refractivity contribution < 1.29 is 0 Å². The van der Waals surface area contributed by atoms with Crippen molar-refractivity contribution in [1.29, 1.82) is 0 Å². The van der Waals surface area contributed by atoms with Gasteiger partial charge in [0.25, 0.3) is 0 Å². The Morgan fingerprint density at radius 3 is 2.71 bits per heavy atom. The lowest BCUT2D eigenvalue weighted by atomic mass is 10.1. The average molecular weight is 327 g/mol. The molecule has 0 amide bonds. The van der Waals surface area contributed by atoms with Crippen LogP contribution in [-0.2, 0) is 13.6 Å². The summed E-state index contributed by atoms with van der Waals surface area (Å²) < 4.78 is 1.97. The highest BCUT2D eigenvalue weighted by atomic mass is 15.4. The highest BCUT2D eigenvalue weighted by molar-refractivity contribution is 5.49. The molecule has 130 valence electrons. The minimum Gasteiger partial charge on any atom is -0.371 e. The van der Waals surface area contributed by atoms with Crippen LogP contribution in [0.15, 0.2) is 30.3 Å². The first-order chi connectivity index (χ1) is 11.6. The summed E-state index contributed by atoms with van der Waals surface area (Å²) in [6.45, 7) is 6.34. The number of benzene rings is 1. The van der Waals surface area contributed by atoms with Crippen LogP contribution < -0.4 is 15.1 Å². The summed E-state index contributed by atoms with van der Waals surface area (Å²) in [5, 5.41) is 8.22. The first-order valence-corrected chi connectivity index (χ1v) is 8.76. The zero-order valence-corrected chi connectivity index (χ0v) is 15.3. The molecule has 1 unspecified atom stereocenters. The number of rotatable bonds is 6. The maximum atomic E-state index is 4.56. The summed E-state index contributed by atoms with van der Waals surface area (Å²) >= 11 is 0. The maximum Gasteiger partial charge on any atom is 0.130 e. The molecule has 5 nitrogen and oxygen atoms in total. The molecule has 0 spiro atoms. The van der Waals surface area contributed by atoms with Gasteiger partial charge in [0.05, 0.1) is 5.69 Å². The van der Waals surface area contributed by atoms with Gasteiger partial charge in [-0.3, -0.25) is 4.68 Å². The van der Waals surface area contributed by atoms with Gasteiger partial charge < -0.3 is 15.1 Å². The van der Waals surface area contributed by atoms with Crippen molar-refractivity contribution in [3.05, 3.63) is 41.6 Å². The van der Waals surface area contributed by atoms with Crippen LogP contribution >= 0.6 is 0 Å². The molecule has 1 aromatic carbocycles. The van der Waals surface area contributed by atoms with Gasteiger partial charge in [-0.25, -0.2) is 0 Å². The molecule has 1 atom stereocenters. The molecule has 1 aliphatic rings. The molecule has 0 radical (unpaired) electrons. The Hall–Kier alpha value is -2.01. The summed E-state index contributed by atoms with van der Waals surface area (Å²) in [5.74, 6) is 1.90. The Labute approximate surface area is 145 Å². The van der Waals surface area contributed by atoms with Crippen molar-refractivity contribution >= 4 is 11.5 Å². The second-order valence-electron chi connectivity index (χ2n) is 6.97. The standard InChI is InChI=1S/C19H29N5/c1-15-18(19(22(2)3)23(4)21-15)13-20-12-16-10-11-24(14-16)17-8-6-5-7-9-17/h5-9,16,20H,10-14H2,1-4H3. The summed E-state index contributed by atoms with van der Waals surface area (Å²) in [6.07, 6.45) is 1.26. The third kappa shape index (κ3) is 3.56. The van der Waals surface area contributed by atoms with Crippen LogP contribution in [0.4, 0.5) is 11.5 Å². The molecule has 1 aliphatic heterocycles. The minimum atomic E-state index is 0.713. The van der Waals surface area contributed by atoms with E-state index in [4.69, 9.17) is 0 Å². The zero-order chi connectivity index (χ0) is 17.1. The SMILES string of the molecule is Cc1nn(C)c(N(C)C)c1CNCC1CCN(c2ccccc2)C1. The molecular weight excluding hydrogens is 298 g/mol. The van der Waals surface area contributed by atoms with Gasteiger partial charge in [-0.15, -0.1) is 0 Å². The van der Waals surface area contributed by atoms with Crippen LogP contribution in [0.3, 0.4) is 0 Å². The van der Waals surface area contributed by atoms with Crippen molar-refractivity contribution in [3.63, 3.8) is 0 Å². The molecular formula is C19H29N5. The Bertz CT molecular complexity index is 662. The van der Waals surface area contributed by atoms with Crippen LogP contribution in [0.5, 0.6) is 0 Å². The van der Waals surface area contributed by atoms with Crippen LogP contribution in [0.25, 0.3) is 0 Å². The van der Waals surface area contributed by atoms with E-state index in [9.17, 15) is 0 Å². The van der Waals surface area contributed by atoms with E-state index < -0.39 is 0 Å². The average Bonchev–Trinajstić information content (AvgIpc) is 3.13. The lowest BCUT2D eigenvalue weighted by molar-refractivity contribution is 0.516. The second-order valence-corrected chi connectivity index (χ2v) is 6.97. The molecule has 2 heterocycles.